The fourth-order valence-electron chi connectivity index (χ4n) is 4.00. The Morgan fingerprint density at radius 3 is 2.36 bits per heavy atom. The smallest absolute Gasteiger partial charge is 0.274 e. The van der Waals surface area contributed by atoms with Crippen molar-refractivity contribution in [3.8, 4) is 22.8 Å². The van der Waals surface area contributed by atoms with Gasteiger partial charge >= 0.3 is 0 Å². The van der Waals surface area contributed by atoms with E-state index in [9.17, 15) is 9.59 Å². The molecule has 4 aromatic rings. The number of amides is 2. The van der Waals surface area contributed by atoms with E-state index in [1.165, 1.54) is 0 Å². The lowest BCUT2D eigenvalue weighted by atomic mass is 10.0. The summed E-state index contributed by atoms with van der Waals surface area (Å²) in [7, 11) is 3.13. The zero-order valence-corrected chi connectivity index (χ0v) is 18.2. The Morgan fingerprint density at radius 2 is 1.73 bits per heavy atom. The van der Waals surface area contributed by atoms with Crippen molar-refractivity contribution in [2.45, 2.75) is 6.54 Å². The first-order valence-electron chi connectivity index (χ1n) is 10.1. The predicted octanol–water partition coefficient (Wildman–Crippen LogP) is 3.59. The van der Waals surface area contributed by atoms with Crippen LogP contribution in [-0.2, 0) is 6.54 Å². The second-order valence-electron chi connectivity index (χ2n) is 7.40. The lowest BCUT2D eigenvalue weighted by molar-refractivity contribution is 0.0706. The largest absolute Gasteiger partial charge is 0.497 e. The Balaban J connectivity index is 1.95. The van der Waals surface area contributed by atoms with Crippen molar-refractivity contribution in [2.24, 2.45) is 5.73 Å². The number of benzene rings is 3. The van der Waals surface area contributed by atoms with E-state index in [1.807, 2.05) is 34.9 Å². The summed E-state index contributed by atoms with van der Waals surface area (Å²) in [5.41, 5.74) is 11.2. The third-order valence-electron chi connectivity index (χ3n) is 5.54. The molecule has 0 fully saturated rings. The topological polar surface area (TPSA) is 116 Å². The van der Waals surface area contributed by atoms with Gasteiger partial charge in [0.25, 0.3) is 11.8 Å². The van der Waals surface area contributed by atoms with Crippen molar-refractivity contribution in [3.63, 3.8) is 0 Å². The number of primary amides is 1. The second kappa shape index (κ2) is 9.05. The molecule has 3 aromatic carbocycles. The second-order valence-corrected chi connectivity index (χ2v) is 7.40. The van der Waals surface area contributed by atoms with Gasteiger partial charge in [-0.1, -0.05) is 30.3 Å². The summed E-state index contributed by atoms with van der Waals surface area (Å²) in [5, 5.41) is 9.58. The molecule has 0 aliphatic rings. The number of carbonyl (C=O) groups excluding carboxylic acids is 2. The highest BCUT2D eigenvalue weighted by Crippen LogP contribution is 2.40. The molecule has 4 rings (SSSR count). The van der Waals surface area contributed by atoms with Crippen LogP contribution in [0, 0.1) is 0 Å². The van der Waals surface area contributed by atoms with Crippen LogP contribution in [-0.4, -0.2) is 35.8 Å². The molecular weight excluding hydrogens is 422 g/mol. The summed E-state index contributed by atoms with van der Waals surface area (Å²) in [6.07, 6.45) is 0. The Kier molecular flexibility index (Phi) is 6.01. The fourth-order valence-corrected chi connectivity index (χ4v) is 4.00. The van der Waals surface area contributed by atoms with Gasteiger partial charge in [-0.05, 0) is 35.9 Å². The zero-order valence-electron chi connectivity index (χ0n) is 18.2. The van der Waals surface area contributed by atoms with Crippen LogP contribution in [0.3, 0.4) is 0 Å². The minimum absolute atomic E-state index is 0.327. The molecule has 0 radical (unpaired) electrons. The normalized spacial score (nSPS) is 10.8. The first-order valence-corrected chi connectivity index (χ1v) is 10.1. The molecule has 0 unspecified atom stereocenters. The monoisotopic (exact) mass is 445 g/mol. The van der Waals surface area contributed by atoms with Gasteiger partial charge in [-0.2, -0.15) is 0 Å². The summed E-state index contributed by atoms with van der Waals surface area (Å²) >= 11 is 0. The number of hydroxylamine groups is 1. The Hall–Kier alpha value is -4.30. The van der Waals surface area contributed by atoms with Crippen molar-refractivity contribution in [1.82, 2.24) is 10.0 Å². The molecule has 1 heterocycles. The highest BCUT2D eigenvalue weighted by molar-refractivity contribution is 6.12. The average Bonchev–Trinajstić information content (AvgIpc) is 3.17. The minimum atomic E-state index is -0.590. The molecule has 8 heteroatoms. The van der Waals surface area contributed by atoms with E-state index >= 15 is 0 Å². The van der Waals surface area contributed by atoms with Crippen LogP contribution in [0.5, 0.6) is 11.5 Å². The van der Waals surface area contributed by atoms with Crippen molar-refractivity contribution < 1.29 is 24.3 Å². The fraction of sp³-hybridized carbons (Fsp3) is 0.120. The quantitative estimate of drug-likeness (QED) is 0.297. The molecule has 0 spiro atoms. The maximum atomic E-state index is 12.6. The highest BCUT2D eigenvalue weighted by atomic mass is 16.5. The van der Waals surface area contributed by atoms with Gasteiger partial charge in [-0.15, -0.1) is 0 Å². The molecule has 0 bridgehead atoms. The van der Waals surface area contributed by atoms with Crippen LogP contribution in [0.1, 0.15) is 26.3 Å². The number of nitrogens with one attached hydrogen (secondary N) is 1. The van der Waals surface area contributed by atoms with Gasteiger partial charge in [-0.3, -0.25) is 14.8 Å². The molecule has 2 amide bonds. The van der Waals surface area contributed by atoms with E-state index in [0.717, 1.165) is 16.5 Å². The third kappa shape index (κ3) is 3.99. The van der Waals surface area contributed by atoms with Crippen LogP contribution < -0.4 is 20.7 Å². The molecule has 8 nitrogen and oxygen atoms in total. The van der Waals surface area contributed by atoms with Crippen LogP contribution in [0.4, 0.5) is 0 Å². The Morgan fingerprint density at radius 1 is 1.00 bits per heavy atom. The van der Waals surface area contributed by atoms with Gasteiger partial charge in [0, 0.05) is 34.6 Å². The number of carbonyl (C=O) groups is 2. The summed E-state index contributed by atoms with van der Waals surface area (Å²) in [5.74, 6) is 0.0212. The Labute approximate surface area is 190 Å². The first kappa shape index (κ1) is 21.9. The number of nitrogens with two attached hydrogens (primary N) is 1. The number of hydrogen-bond acceptors (Lipinski definition) is 5. The zero-order chi connectivity index (χ0) is 23.5. The van der Waals surface area contributed by atoms with Crippen molar-refractivity contribution in [1.29, 1.82) is 0 Å². The number of fused-ring (bicyclic) bond motifs is 1. The summed E-state index contributed by atoms with van der Waals surface area (Å²) in [4.78, 5) is 24.3. The molecule has 33 heavy (non-hydrogen) atoms. The van der Waals surface area contributed by atoms with Crippen LogP contribution in [0.25, 0.3) is 22.2 Å². The number of methoxy groups -OCH3 is 2. The van der Waals surface area contributed by atoms with E-state index in [0.29, 0.717) is 40.4 Å². The standard InChI is InChI=1S/C25H23N3O5/c1-32-17-11-12-19(21(13-17)33-2)23-22(24(26)29)18-5-3-4-6-20(18)28(23)14-15-7-9-16(10-8-15)25(30)27-31/h3-13,31H,14H2,1-2H3,(H2,26,29)(H,27,30). The van der Waals surface area contributed by atoms with Crippen molar-refractivity contribution in [2.75, 3.05) is 14.2 Å². The third-order valence-corrected chi connectivity index (χ3v) is 5.54. The molecule has 0 saturated carbocycles. The van der Waals surface area contributed by atoms with Gasteiger partial charge in [0.15, 0.2) is 0 Å². The van der Waals surface area contributed by atoms with Crippen molar-refractivity contribution in [3.05, 3.63) is 83.4 Å². The minimum Gasteiger partial charge on any atom is -0.497 e. The Bertz CT molecular complexity index is 1340. The van der Waals surface area contributed by atoms with E-state index in [2.05, 4.69) is 0 Å². The van der Waals surface area contributed by atoms with Gasteiger partial charge in [0.2, 0.25) is 0 Å². The predicted molar refractivity (Wildman–Crippen MR) is 124 cm³/mol. The van der Waals surface area contributed by atoms with Gasteiger partial charge < -0.3 is 19.8 Å². The SMILES string of the molecule is COc1ccc(-c2c(C(N)=O)c3ccccc3n2Cc2ccc(C(=O)NO)cc2)c(OC)c1. The van der Waals surface area contributed by atoms with E-state index in [-0.39, 0.29) is 0 Å². The molecule has 1 aromatic heterocycles. The van der Waals surface area contributed by atoms with Gasteiger partial charge in [-0.25, -0.2) is 5.48 Å². The van der Waals surface area contributed by atoms with Crippen LogP contribution in [0.15, 0.2) is 66.7 Å². The summed E-state index contributed by atoms with van der Waals surface area (Å²) in [6, 6.07) is 19.8. The average molecular weight is 445 g/mol. The molecule has 0 atom stereocenters. The molecular formula is C25H23N3O5. The number of para-hydroxylation sites is 1. The molecule has 0 aliphatic carbocycles. The number of rotatable bonds is 7. The molecule has 4 N–H and O–H groups in total. The number of aromatic nitrogens is 1. The van der Waals surface area contributed by atoms with E-state index in [4.69, 9.17) is 20.4 Å². The molecule has 0 aliphatic heterocycles. The maximum absolute atomic E-state index is 12.6. The number of nitrogens with zero attached hydrogens (tertiary/aromatic N) is 1. The highest BCUT2D eigenvalue weighted by Gasteiger charge is 2.24. The van der Waals surface area contributed by atoms with Crippen LogP contribution in [0.2, 0.25) is 0 Å². The lowest BCUT2D eigenvalue weighted by Crippen LogP contribution is -2.18. The van der Waals surface area contributed by atoms with E-state index < -0.39 is 11.8 Å². The lowest BCUT2D eigenvalue weighted by Gasteiger charge is -2.16. The van der Waals surface area contributed by atoms with Crippen LogP contribution >= 0.6 is 0 Å². The van der Waals surface area contributed by atoms with Gasteiger partial charge in [0.1, 0.15) is 11.5 Å². The summed E-state index contributed by atoms with van der Waals surface area (Å²) in [6.45, 7) is 0.402. The van der Waals surface area contributed by atoms with Crippen molar-refractivity contribution >= 4 is 22.7 Å². The maximum Gasteiger partial charge on any atom is 0.274 e. The first-order chi connectivity index (χ1) is 16.0. The van der Waals surface area contributed by atoms with Gasteiger partial charge in [0.05, 0.1) is 25.5 Å². The van der Waals surface area contributed by atoms with E-state index in [1.54, 1.807) is 56.1 Å². The molecule has 168 valence electrons. The number of hydrogen-bond donors (Lipinski definition) is 3. The summed E-state index contributed by atoms with van der Waals surface area (Å²) < 4.78 is 12.9. The molecule has 0 saturated heterocycles. The number of ether oxygens (including phenoxy) is 2.